The molecule has 3 rings (SSSR count). The molecule has 0 spiro atoms. The topological polar surface area (TPSA) is 12.9 Å². The highest BCUT2D eigenvalue weighted by Gasteiger charge is 2.21. The zero-order chi connectivity index (χ0) is 19.6. The standard InChI is InChI=1S/C27H39N/c1-3-5-8-23-10-7-11-24(20-23)13-12-22-14-17-26(18-15-22)27-19-16-25(21-28-27)9-6-4-2/h14-19,21,23-24H,3-13,20H2,1-2H3. The first-order chi connectivity index (χ1) is 13.8. The maximum absolute atomic E-state index is 4.68. The molecular formula is C27H39N. The number of benzene rings is 1. The molecule has 1 saturated carbocycles. The van der Waals surface area contributed by atoms with E-state index in [1.54, 1.807) is 0 Å². The predicted molar refractivity (Wildman–Crippen MR) is 122 cm³/mol. The van der Waals surface area contributed by atoms with Crippen LogP contribution in [0, 0.1) is 11.8 Å². The Bertz CT molecular complexity index is 670. The van der Waals surface area contributed by atoms with Crippen molar-refractivity contribution in [3.63, 3.8) is 0 Å². The number of unbranched alkanes of at least 4 members (excludes halogenated alkanes) is 2. The Labute approximate surface area is 173 Å². The van der Waals surface area contributed by atoms with Gasteiger partial charge in [-0.1, -0.05) is 89.1 Å². The third-order valence-corrected chi connectivity index (χ3v) is 6.59. The Morgan fingerprint density at radius 1 is 0.786 bits per heavy atom. The number of aromatic nitrogens is 1. The summed E-state index contributed by atoms with van der Waals surface area (Å²) >= 11 is 0. The van der Waals surface area contributed by atoms with E-state index in [4.69, 9.17) is 0 Å². The second kappa shape index (κ2) is 11.4. The minimum absolute atomic E-state index is 0.951. The van der Waals surface area contributed by atoms with Crippen molar-refractivity contribution in [3.05, 3.63) is 53.7 Å². The Balaban J connectivity index is 1.49. The van der Waals surface area contributed by atoms with Gasteiger partial charge >= 0.3 is 0 Å². The van der Waals surface area contributed by atoms with Gasteiger partial charge in [0.05, 0.1) is 5.69 Å². The molecule has 1 aromatic carbocycles. The van der Waals surface area contributed by atoms with Crippen LogP contribution in [0.3, 0.4) is 0 Å². The number of pyridine rings is 1. The zero-order valence-corrected chi connectivity index (χ0v) is 18.1. The first kappa shape index (κ1) is 21.1. The van der Waals surface area contributed by atoms with Gasteiger partial charge in [0.2, 0.25) is 0 Å². The van der Waals surface area contributed by atoms with Gasteiger partial charge in [-0.15, -0.1) is 0 Å². The molecule has 0 aliphatic heterocycles. The normalized spacial score (nSPS) is 19.6. The van der Waals surface area contributed by atoms with Crippen molar-refractivity contribution < 1.29 is 0 Å². The molecule has 1 heterocycles. The van der Waals surface area contributed by atoms with Crippen LogP contribution >= 0.6 is 0 Å². The zero-order valence-electron chi connectivity index (χ0n) is 18.1. The molecule has 0 N–H and O–H groups in total. The molecule has 1 aliphatic carbocycles. The largest absolute Gasteiger partial charge is 0.256 e. The summed E-state index contributed by atoms with van der Waals surface area (Å²) in [5.41, 5.74) is 5.17. The second-order valence-electron chi connectivity index (χ2n) is 8.93. The Morgan fingerprint density at radius 2 is 1.50 bits per heavy atom. The molecular weight excluding hydrogens is 338 g/mol. The third-order valence-electron chi connectivity index (χ3n) is 6.59. The summed E-state index contributed by atoms with van der Waals surface area (Å²) < 4.78 is 0. The van der Waals surface area contributed by atoms with Crippen LogP contribution in [0.15, 0.2) is 42.6 Å². The van der Waals surface area contributed by atoms with Gasteiger partial charge in [0.25, 0.3) is 0 Å². The summed E-state index contributed by atoms with van der Waals surface area (Å²) in [6, 6.07) is 13.6. The van der Waals surface area contributed by atoms with E-state index >= 15 is 0 Å². The highest BCUT2D eigenvalue weighted by Crippen LogP contribution is 2.34. The van der Waals surface area contributed by atoms with Gasteiger partial charge in [0.15, 0.2) is 0 Å². The molecule has 152 valence electrons. The molecule has 0 amide bonds. The monoisotopic (exact) mass is 377 g/mol. The summed E-state index contributed by atoms with van der Waals surface area (Å²) in [5, 5.41) is 0. The SMILES string of the molecule is CCCCc1ccc(-c2ccc(CCC3CCCC(CCCC)C3)cc2)nc1. The van der Waals surface area contributed by atoms with Crippen LogP contribution in [-0.2, 0) is 12.8 Å². The van der Waals surface area contributed by atoms with Crippen LogP contribution < -0.4 is 0 Å². The van der Waals surface area contributed by atoms with E-state index in [2.05, 4.69) is 61.4 Å². The van der Waals surface area contributed by atoms with Gasteiger partial charge in [-0.3, -0.25) is 4.98 Å². The summed E-state index contributed by atoms with van der Waals surface area (Å²) in [6.45, 7) is 4.56. The van der Waals surface area contributed by atoms with E-state index in [9.17, 15) is 0 Å². The van der Waals surface area contributed by atoms with Gasteiger partial charge in [0.1, 0.15) is 0 Å². The van der Waals surface area contributed by atoms with Crippen molar-refractivity contribution in [2.24, 2.45) is 11.8 Å². The fourth-order valence-corrected chi connectivity index (χ4v) is 4.76. The van der Waals surface area contributed by atoms with Gasteiger partial charge in [-0.05, 0) is 61.1 Å². The number of rotatable bonds is 10. The van der Waals surface area contributed by atoms with Crippen molar-refractivity contribution in [1.82, 2.24) is 4.98 Å². The molecule has 1 heteroatoms. The Kier molecular flexibility index (Phi) is 8.58. The molecule has 1 aliphatic rings. The smallest absolute Gasteiger partial charge is 0.0702 e. The van der Waals surface area contributed by atoms with Crippen molar-refractivity contribution in [3.8, 4) is 11.3 Å². The van der Waals surface area contributed by atoms with Crippen molar-refractivity contribution in [2.45, 2.75) is 90.9 Å². The van der Waals surface area contributed by atoms with Crippen LogP contribution in [0.4, 0.5) is 0 Å². The molecule has 0 saturated heterocycles. The predicted octanol–water partition coefficient (Wildman–Crippen LogP) is 8.02. The molecule has 1 nitrogen and oxygen atoms in total. The van der Waals surface area contributed by atoms with E-state index < -0.39 is 0 Å². The fraction of sp³-hybridized carbons (Fsp3) is 0.593. The van der Waals surface area contributed by atoms with Crippen molar-refractivity contribution in [1.29, 1.82) is 0 Å². The van der Waals surface area contributed by atoms with Gasteiger partial charge in [-0.25, -0.2) is 0 Å². The second-order valence-corrected chi connectivity index (χ2v) is 8.93. The van der Waals surface area contributed by atoms with E-state index in [1.165, 1.54) is 87.3 Å². The quantitative estimate of drug-likeness (QED) is 0.408. The van der Waals surface area contributed by atoms with E-state index in [0.717, 1.165) is 24.0 Å². The Morgan fingerprint density at radius 3 is 2.18 bits per heavy atom. The van der Waals surface area contributed by atoms with Crippen molar-refractivity contribution >= 4 is 0 Å². The molecule has 28 heavy (non-hydrogen) atoms. The van der Waals surface area contributed by atoms with E-state index in [1.807, 2.05) is 0 Å². The number of hydrogen-bond donors (Lipinski definition) is 0. The molecule has 1 fully saturated rings. The molecule has 2 atom stereocenters. The fourth-order valence-electron chi connectivity index (χ4n) is 4.76. The number of hydrogen-bond acceptors (Lipinski definition) is 1. The van der Waals surface area contributed by atoms with E-state index in [0.29, 0.717) is 0 Å². The first-order valence-corrected chi connectivity index (χ1v) is 11.8. The summed E-state index contributed by atoms with van der Waals surface area (Å²) in [6.07, 6.45) is 18.4. The molecule has 2 aromatic rings. The van der Waals surface area contributed by atoms with Gasteiger partial charge < -0.3 is 0 Å². The lowest BCUT2D eigenvalue weighted by molar-refractivity contribution is 0.241. The summed E-state index contributed by atoms with van der Waals surface area (Å²) in [5.74, 6) is 1.96. The average Bonchev–Trinajstić information content (AvgIpc) is 2.76. The summed E-state index contributed by atoms with van der Waals surface area (Å²) in [7, 11) is 0. The van der Waals surface area contributed by atoms with Crippen LogP contribution in [0.2, 0.25) is 0 Å². The molecule has 0 bridgehead atoms. The number of nitrogens with zero attached hydrogens (tertiary/aromatic N) is 1. The maximum atomic E-state index is 4.68. The van der Waals surface area contributed by atoms with Crippen LogP contribution in [0.5, 0.6) is 0 Å². The molecule has 1 aromatic heterocycles. The van der Waals surface area contributed by atoms with Gasteiger partial charge in [-0.2, -0.15) is 0 Å². The van der Waals surface area contributed by atoms with Gasteiger partial charge in [0, 0.05) is 11.8 Å². The molecule has 0 radical (unpaired) electrons. The maximum Gasteiger partial charge on any atom is 0.0702 e. The summed E-state index contributed by atoms with van der Waals surface area (Å²) in [4.78, 5) is 4.68. The lowest BCUT2D eigenvalue weighted by atomic mass is 9.77. The van der Waals surface area contributed by atoms with Crippen LogP contribution in [0.25, 0.3) is 11.3 Å². The number of aryl methyl sites for hydroxylation is 2. The van der Waals surface area contributed by atoms with Crippen LogP contribution in [-0.4, -0.2) is 4.98 Å². The highest BCUT2D eigenvalue weighted by atomic mass is 14.7. The lowest BCUT2D eigenvalue weighted by Crippen LogP contribution is -2.16. The highest BCUT2D eigenvalue weighted by molar-refractivity contribution is 5.59. The van der Waals surface area contributed by atoms with Crippen molar-refractivity contribution in [2.75, 3.05) is 0 Å². The Hall–Kier alpha value is -1.63. The van der Waals surface area contributed by atoms with Crippen LogP contribution in [0.1, 0.15) is 89.2 Å². The average molecular weight is 378 g/mol. The first-order valence-electron chi connectivity index (χ1n) is 11.8. The lowest BCUT2D eigenvalue weighted by Gasteiger charge is -2.29. The minimum Gasteiger partial charge on any atom is -0.256 e. The molecule has 2 unspecified atom stereocenters. The minimum atomic E-state index is 0.951. The third kappa shape index (κ3) is 6.47. The van der Waals surface area contributed by atoms with E-state index in [-0.39, 0.29) is 0 Å².